The van der Waals surface area contributed by atoms with Gasteiger partial charge in [-0.15, -0.1) is 0 Å². The van der Waals surface area contributed by atoms with Gasteiger partial charge in [-0.3, -0.25) is 9.79 Å². The molecule has 0 heterocycles. The molecule has 24 heavy (non-hydrogen) atoms. The molecule has 0 aliphatic heterocycles. The Balaban J connectivity index is 2.31. The van der Waals surface area contributed by atoms with Crippen molar-refractivity contribution in [2.24, 2.45) is 10.9 Å². The number of benzene rings is 1. The lowest BCUT2D eigenvalue weighted by atomic mass is 9.92. The molecule has 1 saturated carbocycles. The van der Waals surface area contributed by atoms with Crippen molar-refractivity contribution in [2.45, 2.75) is 44.0 Å². The second-order valence-corrected chi connectivity index (χ2v) is 7.55. The first-order valence-electron chi connectivity index (χ1n) is 8.07. The minimum atomic E-state index is -4.41. The van der Waals surface area contributed by atoms with Crippen LogP contribution in [0.25, 0.3) is 0 Å². The van der Waals surface area contributed by atoms with Crippen LogP contribution < -0.4 is 0 Å². The minimum Gasteiger partial charge on any atom is -0.298 e. The van der Waals surface area contributed by atoms with E-state index in [1.54, 1.807) is 24.9 Å². The average Bonchev–Trinajstić information content (AvgIpc) is 2.88. The van der Waals surface area contributed by atoms with Crippen molar-refractivity contribution in [1.82, 2.24) is 0 Å². The third kappa shape index (κ3) is 4.02. The van der Waals surface area contributed by atoms with Gasteiger partial charge in [-0.1, -0.05) is 32.0 Å². The Bertz CT molecular complexity index is 627. The van der Waals surface area contributed by atoms with Crippen LogP contribution in [0.2, 0.25) is 0 Å². The highest BCUT2D eigenvalue weighted by molar-refractivity contribution is 7.99. The molecule has 0 spiro atoms. The lowest BCUT2D eigenvalue weighted by molar-refractivity contribution is -0.137. The molecule has 0 radical (unpaired) electrons. The molecular weight excluding hydrogens is 335 g/mol. The van der Waals surface area contributed by atoms with Crippen molar-refractivity contribution < 1.29 is 18.0 Å². The summed E-state index contributed by atoms with van der Waals surface area (Å²) in [5.41, 5.74) is 0.360. The fraction of sp³-hybridized carbons (Fsp3) is 0.556. The molecule has 0 aromatic heterocycles. The standard InChI is InChI=1S/C18H22F3NOS/c1-4-8-24-11(2)14-10-15(22-3)16(17(14)23)12-6-5-7-13(9-12)18(19,20)21/h5-7,9,11,14,16H,4,8,10H2,1-3H3. The van der Waals surface area contributed by atoms with Crippen LogP contribution in [0.4, 0.5) is 13.2 Å². The third-order valence-corrected chi connectivity index (χ3v) is 5.90. The van der Waals surface area contributed by atoms with Crippen LogP contribution in [0.15, 0.2) is 29.3 Å². The molecule has 1 aromatic rings. The van der Waals surface area contributed by atoms with Gasteiger partial charge < -0.3 is 0 Å². The largest absolute Gasteiger partial charge is 0.416 e. The number of halogens is 3. The fourth-order valence-corrected chi connectivity index (χ4v) is 4.18. The van der Waals surface area contributed by atoms with Gasteiger partial charge in [0.05, 0.1) is 11.5 Å². The zero-order valence-corrected chi connectivity index (χ0v) is 14.9. The minimum absolute atomic E-state index is 0.00831. The summed E-state index contributed by atoms with van der Waals surface area (Å²) in [6.45, 7) is 4.10. The second-order valence-electron chi connectivity index (χ2n) is 6.06. The van der Waals surface area contributed by atoms with Gasteiger partial charge in [0.15, 0.2) is 0 Å². The van der Waals surface area contributed by atoms with Crippen molar-refractivity contribution >= 4 is 23.3 Å². The molecule has 1 aliphatic rings. The van der Waals surface area contributed by atoms with Gasteiger partial charge in [0, 0.05) is 23.9 Å². The van der Waals surface area contributed by atoms with Gasteiger partial charge in [-0.25, -0.2) is 0 Å². The van der Waals surface area contributed by atoms with Crippen LogP contribution in [-0.2, 0) is 11.0 Å². The smallest absolute Gasteiger partial charge is 0.298 e. The van der Waals surface area contributed by atoms with E-state index in [1.807, 2.05) is 6.92 Å². The SMILES string of the molecule is CCCSC(C)C1CC(=NC)C(c2cccc(C(F)(F)F)c2)C1=O. The maximum atomic E-state index is 13.0. The monoisotopic (exact) mass is 357 g/mol. The molecule has 3 atom stereocenters. The van der Waals surface area contributed by atoms with Crippen LogP contribution in [0.3, 0.4) is 0 Å². The van der Waals surface area contributed by atoms with Gasteiger partial charge in [-0.05, 0) is 30.2 Å². The van der Waals surface area contributed by atoms with E-state index in [1.165, 1.54) is 6.07 Å². The Hall–Kier alpha value is -1.30. The third-order valence-electron chi connectivity index (χ3n) is 4.40. The lowest BCUT2D eigenvalue weighted by Gasteiger charge is -2.17. The summed E-state index contributed by atoms with van der Waals surface area (Å²) >= 11 is 1.74. The molecule has 1 aromatic carbocycles. The normalized spacial score (nSPS) is 24.6. The summed E-state index contributed by atoms with van der Waals surface area (Å²) in [4.78, 5) is 17.1. The fourth-order valence-electron chi connectivity index (χ4n) is 3.11. The van der Waals surface area contributed by atoms with E-state index in [0.717, 1.165) is 24.3 Å². The quantitative estimate of drug-likeness (QED) is 0.744. The molecule has 0 saturated heterocycles. The summed E-state index contributed by atoms with van der Waals surface area (Å²) in [5, 5.41) is 0.144. The van der Waals surface area contributed by atoms with Crippen molar-refractivity contribution in [2.75, 3.05) is 12.8 Å². The zero-order chi connectivity index (χ0) is 17.9. The van der Waals surface area contributed by atoms with E-state index in [9.17, 15) is 18.0 Å². The Kier molecular flexibility index (Phi) is 6.12. The van der Waals surface area contributed by atoms with Crippen LogP contribution >= 0.6 is 11.8 Å². The highest BCUT2D eigenvalue weighted by Crippen LogP contribution is 2.40. The van der Waals surface area contributed by atoms with Crippen molar-refractivity contribution in [1.29, 1.82) is 0 Å². The van der Waals surface area contributed by atoms with Gasteiger partial charge in [0.2, 0.25) is 0 Å². The molecule has 3 unspecified atom stereocenters. The van der Waals surface area contributed by atoms with Crippen molar-refractivity contribution in [3.8, 4) is 0 Å². The number of Topliss-reactive ketones (excluding diaryl/α,β-unsaturated/α-hetero) is 1. The predicted molar refractivity (Wildman–Crippen MR) is 92.9 cm³/mol. The van der Waals surface area contributed by atoms with E-state index < -0.39 is 17.7 Å². The molecule has 1 fully saturated rings. The highest BCUT2D eigenvalue weighted by Gasteiger charge is 2.43. The Morgan fingerprint density at radius 2 is 2.08 bits per heavy atom. The molecular formula is C18H22F3NOS. The molecule has 2 rings (SSSR count). The number of hydrogen-bond acceptors (Lipinski definition) is 3. The number of alkyl halides is 3. The average molecular weight is 357 g/mol. The summed E-state index contributed by atoms with van der Waals surface area (Å²) in [7, 11) is 1.61. The first-order valence-corrected chi connectivity index (χ1v) is 9.12. The van der Waals surface area contributed by atoms with Crippen LogP contribution in [0.1, 0.15) is 43.7 Å². The Morgan fingerprint density at radius 1 is 1.38 bits per heavy atom. The van der Waals surface area contributed by atoms with E-state index in [2.05, 4.69) is 11.9 Å². The van der Waals surface area contributed by atoms with Crippen molar-refractivity contribution in [3.05, 3.63) is 35.4 Å². The zero-order valence-electron chi connectivity index (χ0n) is 14.1. The topological polar surface area (TPSA) is 29.4 Å². The molecule has 6 heteroatoms. The number of carbonyl (C=O) groups excluding carboxylic acids is 1. The lowest BCUT2D eigenvalue weighted by Crippen LogP contribution is -2.22. The van der Waals surface area contributed by atoms with Gasteiger partial charge in [-0.2, -0.15) is 24.9 Å². The maximum absolute atomic E-state index is 13.0. The number of rotatable bonds is 5. The molecule has 1 aliphatic carbocycles. The van der Waals surface area contributed by atoms with E-state index in [0.29, 0.717) is 17.7 Å². The first-order chi connectivity index (χ1) is 11.3. The summed E-state index contributed by atoms with van der Waals surface area (Å²) in [6, 6.07) is 5.07. The number of hydrogen-bond donors (Lipinski definition) is 0. The molecule has 132 valence electrons. The molecule has 0 bridgehead atoms. The van der Waals surface area contributed by atoms with E-state index in [4.69, 9.17) is 0 Å². The highest BCUT2D eigenvalue weighted by atomic mass is 32.2. The number of carbonyl (C=O) groups is 1. The molecule has 0 amide bonds. The summed E-state index contributed by atoms with van der Waals surface area (Å²) in [6.07, 6.45) is -2.85. The van der Waals surface area contributed by atoms with E-state index >= 15 is 0 Å². The Labute approximate surface area is 144 Å². The maximum Gasteiger partial charge on any atom is 0.416 e. The van der Waals surface area contributed by atoms with Gasteiger partial charge in [0.1, 0.15) is 5.78 Å². The molecule has 0 N–H and O–H groups in total. The Morgan fingerprint density at radius 3 is 2.67 bits per heavy atom. The number of thioether (sulfide) groups is 1. The number of aliphatic imine (C=N–C) groups is 1. The predicted octanol–water partition coefficient (Wildman–Crippen LogP) is 4.98. The van der Waals surface area contributed by atoms with E-state index in [-0.39, 0.29) is 17.0 Å². The van der Waals surface area contributed by atoms with Crippen molar-refractivity contribution in [3.63, 3.8) is 0 Å². The second kappa shape index (κ2) is 7.72. The summed E-state index contributed by atoms with van der Waals surface area (Å²) in [5.74, 6) is 0.135. The van der Waals surface area contributed by atoms with Crippen LogP contribution in [0.5, 0.6) is 0 Å². The number of nitrogens with zero attached hydrogens (tertiary/aromatic N) is 1. The first kappa shape index (κ1) is 19.0. The van der Waals surface area contributed by atoms with Gasteiger partial charge >= 0.3 is 6.18 Å². The summed E-state index contributed by atoms with van der Waals surface area (Å²) < 4.78 is 38.9. The van der Waals surface area contributed by atoms with Crippen LogP contribution in [0, 0.1) is 5.92 Å². The van der Waals surface area contributed by atoms with Crippen LogP contribution in [-0.4, -0.2) is 29.5 Å². The molecule has 2 nitrogen and oxygen atoms in total. The number of ketones is 1. The van der Waals surface area contributed by atoms with Gasteiger partial charge in [0.25, 0.3) is 0 Å².